The number of nitrogens with two attached hydrogens (primary N) is 1. The van der Waals surface area contributed by atoms with Crippen molar-refractivity contribution in [1.29, 1.82) is 0 Å². The highest BCUT2D eigenvalue weighted by Crippen LogP contribution is 2.33. The topological polar surface area (TPSA) is 48.1 Å². The second-order valence-electron chi connectivity index (χ2n) is 5.72. The van der Waals surface area contributed by atoms with Gasteiger partial charge in [-0.25, -0.2) is 4.98 Å². The van der Waals surface area contributed by atoms with Gasteiger partial charge in [-0.05, 0) is 17.7 Å². The number of aromatic nitrogens is 1. The first kappa shape index (κ1) is 15.1. The minimum atomic E-state index is -0.0142. The van der Waals surface area contributed by atoms with Gasteiger partial charge in [0.25, 0.3) is 0 Å². The molecule has 0 aliphatic rings. The fourth-order valence-corrected chi connectivity index (χ4v) is 3.44. The van der Waals surface area contributed by atoms with Crippen LogP contribution in [-0.4, -0.2) is 12.1 Å². The van der Waals surface area contributed by atoms with Gasteiger partial charge in [-0.3, -0.25) is 0 Å². The van der Waals surface area contributed by atoms with Crippen LogP contribution in [0.15, 0.2) is 18.2 Å². The number of hydrogen-bond acceptors (Lipinski definition) is 4. The third-order valence-corrected chi connectivity index (χ3v) is 4.19. The Morgan fingerprint density at radius 1 is 1.35 bits per heavy atom. The maximum atomic E-state index is 6.17. The fourth-order valence-electron chi connectivity index (χ4n) is 2.08. The number of ether oxygens (including phenoxy) is 1. The molecule has 0 spiro atoms. The Morgan fingerprint density at radius 3 is 2.60 bits per heavy atom. The summed E-state index contributed by atoms with van der Waals surface area (Å²) in [5.41, 5.74) is 8.04. The number of nitrogens with zero attached hydrogens (tertiary/aromatic N) is 1. The Hall–Kier alpha value is -1.26. The van der Waals surface area contributed by atoms with Gasteiger partial charge in [0, 0.05) is 16.7 Å². The minimum absolute atomic E-state index is 0.0142. The average molecular weight is 311 g/mol. The number of methoxy groups -OCH3 is 1. The van der Waals surface area contributed by atoms with E-state index in [0.29, 0.717) is 15.9 Å². The van der Waals surface area contributed by atoms with Crippen LogP contribution in [0.5, 0.6) is 5.75 Å². The number of rotatable bonds is 3. The lowest BCUT2D eigenvalue weighted by Crippen LogP contribution is -2.14. The predicted octanol–water partition coefficient (Wildman–Crippen LogP) is 4.28. The standard InChI is InChI=1S/C15H19ClN2OS/c1-15(2,3)13-12(20-14(17)18-13)8-9-5-6-11(19-4)10(16)7-9/h5-7H,8H2,1-4H3,(H2,17,18). The smallest absolute Gasteiger partial charge is 0.180 e. The van der Waals surface area contributed by atoms with Crippen molar-refractivity contribution in [1.82, 2.24) is 4.98 Å². The lowest BCUT2D eigenvalue weighted by atomic mass is 9.90. The summed E-state index contributed by atoms with van der Waals surface area (Å²) in [4.78, 5) is 5.66. The van der Waals surface area contributed by atoms with Gasteiger partial charge in [-0.2, -0.15) is 0 Å². The van der Waals surface area contributed by atoms with Gasteiger partial charge in [0.2, 0.25) is 0 Å². The first-order valence-corrected chi connectivity index (χ1v) is 7.59. The maximum absolute atomic E-state index is 6.17. The first-order chi connectivity index (χ1) is 9.31. The molecule has 2 aromatic rings. The summed E-state index contributed by atoms with van der Waals surface area (Å²) in [6, 6.07) is 5.84. The Balaban J connectivity index is 2.33. The molecule has 0 amide bonds. The van der Waals surface area contributed by atoms with E-state index in [4.69, 9.17) is 22.1 Å². The van der Waals surface area contributed by atoms with Crippen molar-refractivity contribution in [2.75, 3.05) is 12.8 Å². The molecule has 2 rings (SSSR count). The van der Waals surface area contributed by atoms with E-state index in [0.717, 1.165) is 17.7 Å². The molecule has 0 aliphatic heterocycles. The van der Waals surface area contributed by atoms with Crippen molar-refractivity contribution < 1.29 is 4.74 Å². The second kappa shape index (κ2) is 5.62. The van der Waals surface area contributed by atoms with Crippen molar-refractivity contribution in [2.45, 2.75) is 32.6 Å². The third-order valence-electron chi connectivity index (χ3n) is 3.01. The van der Waals surface area contributed by atoms with Crippen LogP contribution in [0.2, 0.25) is 5.02 Å². The molecule has 0 radical (unpaired) electrons. The number of hydrogen-bond donors (Lipinski definition) is 1. The van der Waals surface area contributed by atoms with Crippen molar-refractivity contribution >= 4 is 28.1 Å². The average Bonchev–Trinajstić information content (AvgIpc) is 2.70. The number of anilines is 1. The van der Waals surface area contributed by atoms with Crippen LogP contribution in [0.25, 0.3) is 0 Å². The first-order valence-electron chi connectivity index (χ1n) is 6.39. The summed E-state index contributed by atoms with van der Waals surface area (Å²) in [5.74, 6) is 0.690. The van der Waals surface area contributed by atoms with Crippen LogP contribution < -0.4 is 10.5 Å². The highest BCUT2D eigenvalue weighted by molar-refractivity contribution is 7.15. The molecule has 0 aliphatic carbocycles. The Bertz CT molecular complexity index is 617. The molecular weight excluding hydrogens is 292 g/mol. The number of thiazole rings is 1. The van der Waals surface area contributed by atoms with Crippen LogP contribution in [-0.2, 0) is 11.8 Å². The number of benzene rings is 1. The molecule has 1 heterocycles. The van der Waals surface area contributed by atoms with E-state index in [1.54, 1.807) is 18.4 Å². The highest BCUT2D eigenvalue weighted by atomic mass is 35.5. The molecule has 20 heavy (non-hydrogen) atoms. The van der Waals surface area contributed by atoms with Gasteiger partial charge >= 0.3 is 0 Å². The fraction of sp³-hybridized carbons (Fsp3) is 0.400. The molecule has 0 saturated carbocycles. The zero-order valence-corrected chi connectivity index (χ0v) is 13.7. The van der Waals surface area contributed by atoms with Crippen molar-refractivity contribution in [3.63, 3.8) is 0 Å². The zero-order chi connectivity index (χ0) is 14.9. The molecule has 3 nitrogen and oxygen atoms in total. The Labute approximate surface area is 128 Å². The van der Waals surface area contributed by atoms with Crippen LogP contribution >= 0.6 is 22.9 Å². The molecule has 0 atom stereocenters. The normalized spacial score (nSPS) is 11.7. The van der Waals surface area contributed by atoms with Gasteiger partial charge in [0.1, 0.15) is 5.75 Å². The molecule has 0 saturated heterocycles. The maximum Gasteiger partial charge on any atom is 0.180 e. The summed E-state index contributed by atoms with van der Waals surface area (Å²) in [6.07, 6.45) is 0.783. The van der Waals surface area contributed by atoms with Gasteiger partial charge in [0.15, 0.2) is 5.13 Å². The van der Waals surface area contributed by atoms with E-state index >= 15 is 0 Å². The second-order valence-corrected chi connectivity index (χ2v) is 7.24. The Morgan fingerprint density at radius 2 is 2.05 bits per heavy atom. The number of nitrogen functional groups attached to an aromatic ring is 1. The van der Waals surface area contributed by atoms with Crippen LogP contribution in [0.3, 0.4) is 0 Å². The predicted molar refractivity (Wildman–Crippen MR) is 86.0 cm³/mol. The van der Waals surface area contributed by atoms with E-state index in [2.05, 4.69) is 25.8 Å². The van der Waals surface area contributed by atoms with Gasteiger partial charge in [-0.1, -0.05) is 38.4 Å². The van der Waals surface area contributed by atoms with Crippen LogP contribution in [0.1, 0.15) is 36.9 Å². The van der Waals surface area contributed by atoms with Gasteiger partial charge < -0.3 is 10.5 Å². The van der Waals surface area contributed by atoms with E-state index in [-0.39, 0.29) is 5.41 Å². The lowest BCUT2D eigenvalue weighted by Gasteiger charge is -2.17. The molecule has 0 bridgehead atoms. The van der Waals surface area contributed by atoms with Crippen LogP contribution in [0, 0.1) is 0 Å². The van der Waals surface area contributed by atoms with Gasteiger partial charge in [0.05, 0.1) is 17.8 Å². The summed E-state index contributed by atoms with van der Waals surface area (Å²) in [5, 5.41) is 1.24. The molecule has 1 aromatic heterocycles. The molecule has 5 heteroatoms. The lowest BCUT2D eigenvalue weighted by molar-refractivity contribution is 0.415. The van der Waals surface area contributed by atoms with E-state index in [9.17, 15) is 0 Å². The number of halogens is 1. The van der Waals surface area contributed by atoms with Crippen LogP contribution in [0.4, 0.5) is 5.13 Å². The van der Waals surface area contributed by atoms with Gasteiger partial charge in [-0.15, -0.1) is 11.3 Å². The molecule has 2 N–H and O–H groups in total. The summed E-state index contributed by atoms with van der Waals surface area (Å²) < 4.78 is 5.17. The molecular formula is C15H19ClN2OS. The molecule has 0 unspecified atom stereocenters. The highest BCUT2D eigenvalue weighted by Gasteiger charge is 2.22. The minimum Gasteiger partial charge on any atom is -0.495 e. The quantitative estimate of drug-likeness (QED) is 0.920. The third kappa shape index (κ3) is 3.25. The molecule has 0 fully saturated rings. The summed E-state index contributed by atoms with van der Waals surface area (Å²) in [6.45, 7) is 6.43. The largest absolute Gasteiger partial charge is 0.495 e. The van der Waals surface area contributed by atoms with E-state index < -0.39 is 0 Å². The molecule has 1 aromatic carbocycles. The van der Waals surface area contributed by atoms with Crippen molar-refractivity contribution in [2.24, 2.45) is 0 Å². The SMILES string of the molecule is COc1ccc(Cc2sc(N)nc2C(C)(C)C)cc1Cl. The summed E-state index contributed by atoms with van der Waals surface area (Å²) in [7, 11) is 1.61. The molecule has 108 valence electrons. The zero-order valence-electron chi connectivity index (χ0n) is 12.2. The van der Waals surface area contributed by atoms with Crippen molar-refractivity contribution in [3.8, 4) is 5.75 Å². The van der Waals surface area contributed by atoms with E-state index in [1.807, 2.05) is 18.2 Å². The summed E-state index contributed by atoms with van der Waals surface area (Å²) >= 11 is 7.71. The Kier molecular flexibility index (Phi) is 4.25. The van der Waals surface area contributed by atoms with E-state index in [1.165, 1.54) is 4.88 Å². The van der Waals surface area contributed by atoms with Crippen molar-refractivity contribution in [3.05, 3.63) is 39.4 Å². The monoisotopic (exact) mass is 310 g/mol.